The van der Waals surface area contributed by atoms with Crippen LogP contribution in [-0.4, -0.2) is 44.8 Å². The zero-order chi connectivity index (χ0) is 15.8. The first-order valence-corrected chi connectivity index (χ1v) is 7.44. The van der Waals surface area contributed by atoms with Gasteiger partial charge in [0, 0.05) is 31.1 Å². The van der Waals surface area contributed by atoms with Crippen LogP contribution in [0, 0.1) is 0 Å². The minimum absolute atomic E-state index is 0. The monoisotopic (exact) mass is 342 g/mol. The van der Waals surface area contributed by atoms with Gasteiger partial charge in [-0.2, -0.15) is 0 Å². The van der Waals surface area contributed by atoms with Crippen LogP contribution in [0.1, 0.15) is 18.4 Å². The van der Waals surface area contributed by atoms with Crippen molar-refractivity contribution in [1.82, 2.24) is 5.32 Å². The van der Waals surface area contributed by atoms with Gasteiger partial charge in [-0.1, -0.05) is 12.1 Å². The summed E-state index contributed by atoms with van der Waals surface area (Å²) < 4.78 is 9.93. The van der Waals surface area contributed by atoms with Crippen LogP contribution in [0.3, 0.4) is 0 Å². The zero-order valence-electron chi connectivity index (χ0n) is 13.2. The summed E-state index contributed by atoms with van der Waals surface area (Å²) in [5, 5.41) is 6.11. The molecule has 6 nitrogen and oxygen atoms in total. The number of esters is 1. The molecule has 1 atom stereocenters. The number of halogens is 1. The lowest BCUT2D eigenvalue weighted by Gasteiger charge is -2.23. The van der Waals surface area contributed by atoms with Crippen molar-refractivity contribution in [3.63, 3.8) is 0 Å². The highest BCUT2D eigenvalue weighted by atomic mass is 35.5. The molecule has 2 rings (SSSR count). The van der Waals surface area contributed by atoms with Crippen LogP contribution < -0.4 is 10.6 Å². The van der Waals surface area contributed by atoms with E-state index in [4.69, 9.17) is 4.74 Å². The van der Waals surface area contributed by atoms with Crippen LogP contribution in [-0.2, 0) is 25.5 Å². The lowest BCUT2D eigenvalue weighted by atomic mass is 10.1. The third kappa shape index (κ3) is 6.99. The second kappa shape index (κ2) is 10.2. The number of rotatable bonds is 6. The Bertz CT molecular complexity index is 501. The van der Waals surface area contributed by atoms with Gasteiger partial charge in [-0.25, -0.2) is 0 Å². The number of amides is 1. The fourth-order valence-electron chi connectivity index (χ4n) is 2.29. The molecule has 1 amide bonds. The first-order valence-electron chi connectivity index (χ1n) is 7.44. The van der Waals surface area contributed by atoms with Crippen molar-refractivity contribution in [1.29, 1.82) is 0 Å². The smallest absolute Gasteiger partial charge is 0.305 e. The van der Waals surface area contributed by atoms with Gasteiger partial charge < -0.3 is 20.1 Å². The highest BCUT2D eigenvalue weighted by Gasteiger charge is 2.16. The van der Waals surface area contributed by atoms with Crippen molar-refractivity contribution in [2.45, 2.75) is 25.3 Å². The van der Waals surface area contributed by atoms with Crippen molar-refractivity contribution >= 4 is 30.0 Å². The molecule has 1 aromatic carbocycles. The minimum atomic E-state index is -0.223. The van der Waals surface area contributed by atoms with Gasteiger partial charge in [0.1, 0.15) is 0 Å². The van der Waals surface area contributed by atoms with E-state index in [1.807, 2.05) is 24.3 Å². The molecule has 1 unspecified atom stereocenters. The van der Waals surface area contributed by atoms with Crippen LogP contribution in [0.2, 0.25) is 0 Å². The number of anilines is 1. The Kier molecular flexibility index (Phi) is 8.61. The second-order valence-electron chi connectivity index (χ2n) is 5.25. The Morgan fingerprint density at radius 1 is 1.35 bits per heavy atom. The average molecular weight is 343 g/mol. The number of hydrogen-bond donors (Lipinski definition) is 2. The summed E-state index contributed by atoms with van der Waals surface area (Å²) in [6.07, 6.45) is 1.38. The van der Waals surface area contributed by atoms with Gasteiger partial charge in [0.05, 0.1) is 20.3 Å². The molecular formula is C16H23ClN2O4. The molecule has 2 N–H and O–H groups in total. The number of nitrogens with one attached hydrogen (secondary N) is 2. The molecule has 1 aliphatic heterocycles. The summed E-state index contributed by atoms with van der Waals surface area (Å²) in [6.45, 7) is 2.05. The van der Waals surface area contributed by atoms with E-state index in [-0.39, 0.29) is 30.3 Å². The topological polar surface area (TPSA) is 76.7 Å². The van der Waals surface area contributed by atoms with E-state index in [1.54, 1.807) is 0 Å². The Labute approximate surface area is 142 Å². The van der Waals surface area contributed by atoms with Crippen LogP contribution in [0.25, 0.3) is 0 Å². The van der Waals surface area contributed by atoms with E-state index in [9.17, 15) is 9.59 Å². The molecule has 128 valence electrons. The maximum absolute atomic E-state index is 12.0. The average Bonchev–Trinajstić information content (AvgIpc) is 2.54. The van der Waals surface area contributed by atoms with E-state index in [2.05, 4.69) is 15.4 Å². The fraction of sp³-hybridized carbons (Fsp3) is 0.500. The van der Waals surface area contributed by atoms with Crippen molar-refractivity contribution in [3.05, 3.63) is 29.8 Å². The predicted octanol–water partition coefficient (Wildman–Crippen LogP) is 1.53. The lowest BCUT2D eigenvalue weighted by molar-refractivity contribution is -0.140. The molecule has 1 aliphatic rings. The summed E-state index contributed by atoms with van der Waals surface area (Å²) in [5.74, 6) is -0.259. The van der Waals surface area contributed by atoms with Gasteiger partial charge in [-0.3, -0.25) is 9.59 Å². The van der Waals surface area contributed by atoms with Gasteiger partial charge in [-0.05, 0) is 24.1 Å². The number of methoxy groups -OCH3 is 1. The van der Waals surface area contributed by atoms with Crippen LogP contribution >= 0.6 is 12.4 Å². The first kappa shape index (κ1) is 19.4. The van der Waals surface area contributed by atoms with Gasteiger partial charge in [0.25, 0.3) is 0 Å². The molecule has 0 aliphatic carbocycles. The van der Waals surface area contributed by atoms with Crippen molar-refractivity contribution in [2.24, 2.45) is 0 Å². The number of benzene rings is 1. The van der Waals surface area contributed by atoms with Crippen LogP contribution in [0.15, 0.2) is 24.3 Å². The molecule has 0 bridgehead atoms. The number of ether oxygens (including phenoxy) is 2. The summed E-state index contributed by atoms with van der Waals surface area (Å²) in [6, 6.07) is 7.57. The minimum Gasteiger partial charge on any atom is -0.469 e. The van der Waals surface area contributed by atoms with Crippen LogP contribution in [0.5, 0.6) is 0 Å². The number of hydrogen-bond acceptors (Lipinski definition) is 5. The Morgan fingerprint density at radius 3 is 2.70 bits per heavy atom. The van der Waals surface area contributed by atoms with E-state index in [0.717, 1.165) is 17.8 Å². The number of aryl methyl sites for hydroxylation is 1. The van der Waals surface area contributed by atoms with E-state index in [1.165, 1.54) is 7.11 Å². The highest BCUT2D eigenvalue weighted by Crippen LogP contribution is 2.12. The van der Waals surface area contributed by atoms with Crippen LogP contribution in [0.4, 0.5) is 5.69 Å². The molecule has 0 saturated carbocycles. The SMILES string of the molecule is COC(=O)CCc1ccc(NC(=O)CC2COCCN2)cc1.Cl. The summed E-state index contributed by atoms with van der Waals surface area (Å²) in [7, 11) is 1.38. The van der Waals surface area contributed by atoms with Gasteiger partial charge in [0.15, 0.2) is 0 Å². The standard InChI is InChI=1S/C16H22N2O4.ClH/c1-21-16(20)7-4-12-2-5-13(6-3-12)18-15(19)10-14-11-22-9-8-17-14;/h2-3,5-6,14,17H,4,7-11H2,1H3,(H,18,19);1H. The second-order valence-corrected chi connectivity index (χ2v) is 5.25. The largest absolute Gasteiger partial charge is 0.469 e. The predicted molar refractivity (Wildman–Crippen MR) is 89.9 cm³/mol. The quantitative estimate of drug-likeness (QED) is 0.767. The van der Waals surface area contributed by atoms with Crippen molar-refractivity contribution in [2.75, 3.05) is 32.2 Å². The third-order valence-corrected chi connectivity index (χ3v) is 3.51. The molecule has 7 heteroatoms. The molecule has 1 saturated heterocycles. The van der Waals surface area contributed by atoms with Crippen molar-refractivity contribution in [3.8, 4) is 0 Å². The zero-order valence-corrected chi connectivity index (χ0v) is 14.0. The van der Waals surface area contributed by atoms with E-state index >= 15 is 0 Å². The summed E-state index contributed by atoms with van der Waals surface area (Å²) >= 11 is 0. The molecule has 0 radical (unpaired) electrons. The summed E-state index contributed by atoms with van der Waals surface area (Å²) in [4.78, 5) is 23.0. The highest BCUT2D eigenvalue weighted by molar-refractivity contribution is 5.91. The molecular weight excluding hydrogens is 320 g/mol. The molecule has 0 spiro atoms. The van der Waals surface area contributed by atoms with Crippen molar-refractivity contribution < 1.29 is 19.1 Å². The fourth-order valence-corrected chi connectivity index (χ4v) is 2.29. The Hall–Kier alpha value is -1.63. The Balaban J connectivity index is 0.00000264. The number of carbonyl (C=O) groups is 2. The maximum Gasteiger partial charge on any atom is 0.305 e. The molecule has 23 heavy (non-hydrogen) atoms. The lowest BCUT2D eigenvalue weighted by Crippen LogP contribution is -2.43. The molecule has 0 aromatic heterocycles. The maximum atomic E-state index is 12.0. The number of morpholine rings is 1. The van der Waals surface area contributed by atoms with E-state index < -0.39 is 0 Å². The third-order valence-electron chi connectivity index (χ3n) is 3.51. The molecule has 1 fully saturated rings. The number of carbonyl (C=O) groups excluding carboxylic acids is 2. The normalized spacial score (nSPS) is 17.0. The summed E-state index contributed by atoms with van der Waals surface area (Å²) in [5.41, 5.74) is 1.79. The first-order chi connectivity index (χ1) is 10.7. The Morgan fingerprint density at radius 2 is 2.09 bits per heavy atom. The van der Waals surface area contributed by atoms with Gasteiger partial charge >= 0.3 is 5.97 Å². The van der Waals surface area contributed by atoms with Gasteiger partial charge in [0.2, 0.25) is 5.91 Å². The van der Waals surface area contributed by atoms with Gasteiger partial charge in [-0.15, -0.1) is 12.4 Å². The molecule has 1 heterocycles. The molecule has 1 aromatic rings. The van der Waals surface area contributed by atoms with E-state index in [0.29, 0.717) is 32.5 Å².